The molecule has 1 aromatic heterocycles. The molecule has 0 N–H and O–H groups in total. The van der Waals surface area contributed by atoms with Gasteiger partial charge in [-0.25, -0.2) is 4.98 Å². The van der Waals surface area contributed by atoms with Gasteiger partial charge in [-0.3, -0.25) is 4.79 Å². The van der Waals surface area contributed by atoms with E-state index in [1.165, 1.54) is 0 Å². The van der Waals surface area contributed by atoms with Crippen molar-refractivity contribution in [3.05, 3.63) is 21.7 Å². The Hall–Kier alpha value is -0.960. The van der Waals surface area contributed by atoms with Crippen LogP contribution in [0, 0.1) is 6.92 Å². The van der Waals surface area contributed by atoms with E-state index in [0.717, 1.165) is 22.4 Å². The van der Waals surface area contributed by atoms with Crippen LogP contribution in [0.5, 0.6) is 0 Å². The van der Waals surface area contributed by atoms with Gasteiger partial charge in [0, 0.05) is 0 Å². The largest absolute Gasteiger partial charge is 0.298 e. The molecule has 11 heavy (non-hydrogen) atoms. The van der Waals surface area contributed by atoms with E-state index in [2.05, 4.69) is 4.98 Å². The second kappa shape index (κ2) is 3.44. The van der Waals surface area contributed by atoms with Crippen LogP contribution >= 0.6 is 11.3 Å². The molecular formula is C8H9NOS. The van der Waals surface area contributed by atoms with Gasteiger partial charge in [-0.15, -0.1) is 11.3 Å². The number of carbonyl (C=O) groups excluding carboxylic acids is 1. The summed E-state index contributed by atoms with van der Waals surface area (Å²) in [4.78, 5) is 15.4. The third-order valence-electron chi connectivity index (χ3n) is 1.33. The second-order valence-corrected chi connectivity index (χ2v) is 3.19. The van der Waals surface area contributed by atoms with Crippen molar-refractivity contribution in [2.24, 2.45) is 0 Å². The number of nitrogens with zero attached hydrogens (tertiary/aromatic N) is 1. The first-order valence-electron chi connectivity index (χ1n) is 3.27. The summed E-state index contributed by atoms with van der Waals surface area (Å²) in [5.41, 5.74) is 3.49. The van der Waals surface area contributed by atoms with E-state index in [0.29, 0.717) is 0 Å². The summed E-state index contributed by atoms with van der Waals surface area (Å²) in [6.07, 6.45) is 2.69. The lowest BCUT2D eigenvalue weighted by atomic mass is 10.2. The Morgan fingerprint density at radius 1 is 1.73 bits per heavy atom. The summed E-state index contributed by atoms with van der Waals surface area (Å²) >= 11 is 1.55. The topological polar surface area (TPSA) is 30.0 Å². The van der Waals surface area contributed by atoms with Crippen LogP contribution in [0.25, 0.3) is 6.08 Å². The number of aryl methyl sites for hydroxylation is 1. The summed E-state index contributed by atoms with van der Waals surface area (Å²) in [5, 5.41) is 0. The normalized spacial score (nSPS) is 11.6. The fraction of sp³-hybridized carbons (Fsp3) is 0.250. The van der Waals surface area contributed by atoms with E-state index in [-0.39, 0.29) is 0 Å². The molecule has 2 nitrogen and oxygen atoms in total. The number of rotatable bonds is 2. The molecule has 1 aromatic rings. The molecular weight excluding hydrogens is 158 g/mol. The van der Waals surface area contributed by atoms with E-state index >= 15 is 0 Å². The maximum absolute atomic E-state index is 10.3. The molecule has 0 spiro atoms. The predicted molar refractivity (Wildman–Crippen MR) is 46.6 cm³/mol. The third-order valence-corrected chi connectivity index (χ3v) is 2.21. The highest BCUT2D eigenvalue weighted by Crippen LogP contribution is 2.15. The van der Waals surface area contributed by atoms with Crippen molar-refractivity contribution in [2.45, 2.75) is 13.8 Å². The Balaban J connectivity index is 2.94. The lowest BCUT2D eigenvalue weighted by Crippen LogP contribution is -1.77. The maximum atomic E-state index is 10.3. The van der Waals surface area contributed by atoms with Gasteiger partial charge in [0.2, 0.25) is 0 Å². The van der Waals surface area contributed by atoms with Gasteiger partial charge in [-0.1, -0.05) is 0 Å². The number of carbonyl (C=O) groups is 1. The smallest absolute Gasteiger partial charge is 0.145 e. The number of aldehydes is 1. The van der Waals surface area contributed by atoms with Crippen LogP contribution in [-0.2, 0) is 4.79 Å². The number of hydrogen-bond acceptors (Lipinski definition) is 3. The number of allylic oxidation sites excluding steroid dienone is 1. The van der Waals surface area contributed by atoms with Crippen LogP contribution in [0.15, 0.2) is 11.1 Å². The first kappa shape index (κ1) is 8.14. The van der Waals surface area contributed by atoms with Crippen LogP contribution in [-0.4, -0.2) is 11.3 Å². The summed E-state index contributed by atoms with van der Waals surface area (Å²) < 4.78 is 0. The third kappa shape index (κ3) is 1.98. The lowest BCUT2D eigenvalue weighted by molar-refractivity contribution is -0.104. The highest BCUT2D eigenvalue weighted by molar-refractivity contribution is 7.10. The molecule has 3 heteroatoms. The summed E-state index contributed by atoms with van der Waals surface area (Å²) in [6, 6.07) is 0. The highest BCUT2D eigenvalue weighted by atomic mass is 32.1. The quantitative estimate of drug-likeness (QED) is 0.498. The number of hydrogen-bond donors (Lipinski definition) is 0. The standard InChI is InChI=1S/C8H9NOS/c1-6(4-10)3-8-7(2)9-5-11-8/h3-5H,1-2H3. The van der Waals surface area contributed by atoms with Gasteiger partial charge < -0.3 is 0 Å². The molecule has 0 aliphatic heterocycles. The molecule has 0 atom stereocenters. The van der Waals surface area contributed by atoms with E-state index < -0.39 is 0 Å². The van der Waals surface area contributed by atoms with Gasteiger partial charge >= 0.3 is 0 Å². The first-order chi connectivity index (χ1) is 5.24. The lowest BCUT2D eigenvalue weighted by Gasteiger charge is -1.87. The van der Waals surface area contributed by atoms with Crippen LogP contribution in [0.1, 0.15) is 17.5 Å². The van der Waals surface area contributed by atoms with Crippen LogP contribution in [0.4, 0.5) is 0 Å². The monoisotopic (exact) mass is 167 g/mol. The molecule has 0 aromatic carbocycles. The van der Waals surface area contributed by atoms with Gasteiger partial charge in [-0.05, 0) is 25.5 Å². The van der Waals surface area contributed by atoms with Crippen molar-refractivity contribution in [1.82, 2.24) is 4.98 Å². The average Bonchev–Trinajstić information content (AvgIpc) is 2.37. The van der Waals surface area contributed by atoms with Gasteiger partial charge in [0.1, 0.15) is 6.29 Å². The molecule has 0 aliphatic carbocycles. The van der Waals surface area contributed by atoms with Crippen molar-refractivity contribution >= 4 is 23.7 Å². The summed E-state index contributed by atoms with van der Waals surface area (Å²) in [5.74, 6) is 0. The Morgan fingerprint density at radius 2 is 2.45 bits per heavy atom. The minimum atomic E-state index is 0.734. The van der Waals surface area contributed by atoms with Crippen molar-refractivity contribution in [1.29, 1.82) is 0 Å². The minimum absolute atomic E-state index is 0.734. The summed E-state index contributed by atoms with van der Waals surface area (Å²) in [6.45, 7) is 3.71. The van der Waals surface area contributed by atoms with Crippen molar-refractivity contribution < 1.29 is 4.79 Å². The molecule has 0 aliphatic rings. The van der Waals surface area contributed by atoms with E-state index in [1.54, 1.807) is 23.8 Å². The minimum Gasteiger partial charge on any atom is -0.298 e. The van der Waals surface area contributed by atoms with Gasteiger partial charge in [-0.2, -0.15) is 0 Å². The molecule has 58 valence electrons. The van der Waals surface area contributed by atoms with Crippen LogP contribution in [0.2, 0.25) is 0 Å². The Kier molecular flexibility index (Phi) is 2.54. The summed E-state index contributed by atoms with van der Waals surface area (Å²) in [7, 11) is 0. The number of aromatic nitrogens is 1. The SMILES string of the molecule is CC(C=O)=Cc1scnc1C. The molecule has 0 saturated carbocycles. The van der Waals surface area contributed by atoms with Crippen molar-refractivity contribution in [2.75, 3.05) is 0 Å². The second-order valence-electron chi connectivity index (χ2n) is 2.31. The molecule has 0 amide bonds. The van der Waals surface area contributed by atoms with Crippen molar-refractivity contribution in [3.63, 3.8) is 0 Å². The molecule has 0 unspecified atom stereocenters. The zero-order chi connectivity index (χ0) is 8.27. The first-order valence-corrected chi connectivity index (χ1v) is 4.15. The molecule has 0 saturated heterocycles. The molecule has 0 radical (unpaired) electrons. The predicted octanol–water partition coefficient (Wildman–Crippen LogP) is 2.05. The van der Waals surface area contributed by atoms with Crippen LogP contribution < -0.4 is 0 Å². The number of thiazole rings is 1. The molecule has 1 heterocycles. The van der Waals surface area contributed by atoms with Crippen LogP contribution in [0.3, 0.4) is 0 Å². The Morgan fingerprint density at radius 3 is 2.91 bits per heavy atom. The van der Waals surface area contributed by atoms with Gasteiger partial charge in [0.25, 0.3) is 0 Å². The Bertz CT molecular complexity index is 288. The zero-order valence-electron chi connectivity index (χ0n) is 6.50. The van der Waals surface area contributed by atoms with Gasteiger partial charge in [0.15, 0.2) is 0 Å². The molecule has 0 fully saturated rings. The maximum Gasteiger partial charge on any atom is 0.145 e. The van der Waals surface area contributed by atoms with E-state index in [9.17, 15) is 4.79 Å². The fourth-order valence-corrected chi connectivity index (χ4v) is 1.49. The fourth-order valence-electron chi connectivity index (χ4n) is 0.690. The zero-order valence-corrected chi connectivity index (χ0v) is 7.31. The van der Waals surface area contributed by atoms with Gasteiger partial charge in [0.05, 0.1) is 16.1 Å². The average molecular weight is 167 g/mol. The van der Waals surface area contributed by atoms with E-state index in [4.69, 9.17) is 0 Å². The molecule has 1 rings (SSSR count). The van der Waals surface area contributed by atoms with Crippen molar-refractivity contribution in [3.8, 4) is 0 Å². The molecule has 0 bridgehead atoms. The Labute approximate surface area is 69.6 Å². The highest BCUT2D eigenvalue weighted by Gasteiger charge is 1.96. The van der Waals surface area contributed by atoms with E-state index in [1.807, 2.05) is 13.0 Å².